The van der Waals surface area contributed by atoms with Crippen molar-refractivity contribution in [3.8, 4) is 11.5 Å². The summed E-state index contributed by atoms with van der Waals surface area (Å²) >= 11 is 0. The molecule has 1 atom stereocenters. The maximum Gasteiger partial charge on any atom is 0.321 e. The van der Waals surface area contributed by atoms with Gasteiger partial charge in [-0.1, -0.05) is 13.8 Å². The summed E-state index contributed by atoms with van der Waals surface area (Å²) in [5.41, 5.74) is 0.630. The highest BCUT2D eigenvalue weighted by atomic mass is 16.6. The number of amides is 3. The van der Waals surface area contributed by atoms with Crippen LogP contribution < -0.4 is 20.1 Å². The van der Waals surface area contributed by atoms with Gasteiger partial charge in [-0.25, -0.2) is 4.79 Å². The number of nitrogens with one attached hydrogen (secondary N) is 2. The van der Waals surface area contributed by atoms with Crippen molar-refractivity contribution in [1.29, 1.82) is 0 Å². The number of hydrogen-bond acceptors (Lipinski definition) is 6. The van der Waals surface area contributed by atoms with E-state index in [2.05, 4.69) is 10.6 Å². The molecule has 0 aliphatic carbocycles. The van der Waals surface area contributed by atoms with E-state index in [1.807, 2.05) is 18.7 Å². The normalized spacial score (nSPS) is 18.0. The van der Waals surface area contributed by atoms with Gasteiger partial charge in [0.05, 0.1) is 6.04 Å². The van der Waals surface area contributed by atoms with Gasteiger partial charge in [-0.2, -0.15) is 0 Å². The van der Waals surface area contributed by atoms with Crippen molar-refractivity contribution in [2.45, 2.75) is 39.7 Å². The molecule has 1 fully saturated rings. The first kappa shape index (κ1) is 22.1. The molecule has 30 heavy (non-hydrogen) atoms. The van der Waals surface area contributed by atoms with Crippen LogP contribution in [0.4, 0.5) is 4.79 Å². The second-order valence-corrected chi connectivity index (χ2v) is 8.30. The van der Waals surface area contributed by atoms with Crippen LogP contribution in [-0.4, -0.2) is 61.5 Å². The molecule has 2 aliphatic rings. The number of benzene rings is 1. The first-order chi connectivity index (χ1) is 14.3. The number of piperidine rings is 1. The van der Waals surface area contributed by atoms with Crippen LogP contribution in [0.2, 0.25) is 0 Å². The van der Waals surface area contributed by atoms with Gasteiger partial charge in [0.2, 0.25) is 5.91 Å². The molecule has 1 aromatic rings. The Morgan fingerprint density at radius 1 is 1.07 bits per heavy atom. The zero-order valence-corrected chi connectivity index (χ0v) is 17.9. The van der Waals surface area contributed by atoms with Crippen LogP contribution in [0, 0.1) is 11.8 Å². The second-order valence-electron chi connectivity index (χ2n) is 8.30. The molecule has 2 N–H and O–H groups in total. The van der Waals surface area contributed by atoms with Crippen LogP contribution in [0.1, 0.15) is 44.0 Å². The maximum atomic E-state index is 12.9. The first-order valence-corrected chi connectivity index (χ1v) is 10.6. The molecule has 2 heterocycles. The van der Waals surface area contributed by atoms with Gasteiger partial charge in [0.1, 0.15) is 13.2 Å². The minimum Gasteiger partial charge on any atom is -0.486 e. The number of imide groups is 1. The Bertz CT molecular complexity index is 787. The lowest BCUT2D eigenvalue weighted by Gasteiger charge is -2.34. The van der Waals surface area contributed by atoms with Crippen molar-refractivity contribution in [3.63, 3.8) is 0 Å². The molecule has 2 aliphatic heterocycles. The first-order valence-electron chi connectivity index (χ1n) is 10.6. The lowest BCUT2D eigenvalue weighted by atomic mass is 9.88. The molecular formula is C22H31N3O5. The number of rotatable bonds is 6. The molecule has 3 amide bonds. The maximum absolute atomic E-state index is 12.9. The van der Waals surface area contributed by atoms with Crippen LogP contribution in [0.3, 0.4) is 0 Å². The number of nitrogens with zero attached hydrogens (tertiary/aromatic N) is 1. The Morgan fingerprint density at radius 3 is 2.40 bits per heavy atom. The van der Waals surface area contributed by atoms with Gasteiger partial charge in [-0.05, 0) is 57.0 Å². The molecule has 3 rings (SSSR count). The third kappa shape index (κ3) is 5.50. The van der Waals surface area contributed by atoms with Crippen LogP contribution in [0.5, 0.6) is 11.5 Å². The zero-order chi connectivity index (χ0) is 21.7. The predicted octanol–water partition coefficient (Wildman–Crippen LogP) is 2.22. The molecule has 1 aromatic carbocycles. The minimum absolute atomic E-state index is 0.0894. The third-order valence-electron chi connectivity index (χ3n) is 5.56. The van der Waals surface area contributed by atoms with Gasteiger partial charge in [-0.3, -0.25) is 19.8 Å². The quantitative estimate of drug-likeness (QED) is 0.689. The van der Waals surface area contributed by atoms with E-state index in [0.29, 0.717) is 68.7 Å². The lowest BCUT2D eigenvalue weighted by Crippen LogP contribution is -2.52. The van der Waals surface area contributed by atoms with Crippen LogP contribution in [-0.2, 0) is 4.79 Å². The van der Waals surface area contributed by atoms with Crippen molar-refractivity contribution in [2.75, 3.05) is 32.8 Å². The van der Waals surface area contributed by atoms with Gasteiger partial charge in [0.15, 0.2) is 17.3 Å². The Hall–Kier alpha value is -2.61. The monoisotopic (exact) mass is 417 g/mol. The Kier molecular flexibility index (Phi) is 7.31. The molecule has 0 spiro atoms. The third-order valence-corrected chi connectivity index (χ3v) is 5.56. The number of urea groups is 1. The van der Waals surface area contributed by atoms with Crippen molar-refractivity contribution in [2.24, 2.45) is 11.8 Å². The van der Waals surface area contributed by atoms with Gasteiger partial charge in [0, 0.05) is 18.0 Å². The summed E-state index contributed by atoms with van der Waals surface area (Å²) in [7, 11) is 0. The topological polar surface area (TPSA) is 97.0 Å². The zero-order valence-electron chi connectivity index (χ0n) is 17.9. The molecule has 0 aromatic heterocycles. The van der Waals surface area contributed by atoms with Crippen LogP contribution in [0.25, 0.3) is 0 Å². The number of ether oxygens (including phenoxy) is 2. The van der Waals surface area contributed by atoms with E-state index in [1.54, 1.807) is 25.1 Å². The van der Waals surface area contributed by atoms with Crippen LogP contribution in [0.15, 0.2) is 18.2 Å². The van der Waals surface area contributed by atoms with Gasteiger partial charge < -0.3 is 14.8 Å². The summed E-state index contributed by atoms with van der Waals surface area (Å²) in [5, 5.41) is 5.08. The van der Waals surface area contributed by atoms with E-state index in [0.717, 1.165) is 0 Å². The van der Waals surface area contributed by atoms with Gasteiger partial charge in [0.25, 0.3) is 0 Å². The summed E-state index contributed by atoms with van der Waals surface area (Å²) in [4.78, 5) is 39.1. The fraction of sp³-hybridized carbons (Fsp3) is 0.591. The molecule has 164 valence electrons. The lowest BCUT2D eigenvalue weighted by molar-refractivity contribution is -0.125. The standard InChI is InChI=1S/C22H31N3O5/c1-14(2)13-23-22(28)24-21(27)15(3)25-8-6-16(7-9-25)20(26)17-4-5-18-19(12-17)30-11-10-29-18/h4-5,12,14-16H,6-11,13H2,1-3H3,(H2,23,24,27,28)/t15-/m0/s1. The average molecular weight is 418 g/mol. The highest BCUT2D eigenvalue weighted by molar-refractivity contribution is 5.99. The second kappa shape index (κ2) is 9.93. The van der Waals surface area contributed by atoms with Crippen molar-refractivity contribution >= 4 is 17.7 Å². The number of ketones is 1. The van der Waals surface area contributed by atoms with Crippen molar-refractivity contribution < 1.29 is 23.9 Å². The Morgan fingerprint density at radius 2 is 1.73 bits per heavy atom. The number of carbonyl (C=O) groups is 3. The average Bonchev–Trinajstić information content (AvgIpc) is 2.76. The molecule has 0 saturated carbocycles. The summed E-state index contributed by atoms with van der Waals surface area (Å²) in [6, 6.07) is 4.43. The van der Waals surface area contributed by atoms with Crippen molar-refractivity contribution in [3.05, 3.63) is 23.8 Å². The Labute approximate surface area is 177 Å². The highest BCUT2D eigenvalue weighted by Crippen LogP contribution is 2.32. The fourth-order valence-corrected chi connectivity index (χ4v) is 3.70. The van der Waals surface area contributed by atoms with E-state index in [1.165, 1.54) is 0 Å². The van der Waals surface area contributed by atoms with E-state index in [9.17, 15) is 14.4 Å². The van der Waals surface area contributed by atoms with E-state index < -0.39 is 12.1 Å². The minimum atomic E-state index is -0.468. The van der Waals surface area contributed by atoms with E-state index in [4.69, 9.17) is 9.47 Å². The van der Waals surface area contributed by atoms with Crippen LogP contribution >= 0.6 is 0 Å². The molecule has 0 radical (unpaired) electrons. The summed E-state index contributed by atoms with van der Waals surface area (Å²) in [5.74, 6) is 1.28. The van der Waals surface area contributed by atoms with Gasteiger partial charge in [-0.15, -0.1) is 0 Å². The molecule has 0 bridgehead atoms. The molecule has 0 unspecified atom stereocenters. The summed E-state index contributed by atoms with van der Waals surface area (Å²) in [6.07, 6.45) is 1.34. The fourth-order valence-electron chi connectivity index (χ4n) is 3.70. The number of carbonyl (C=O) groups excluding carboxylic acids is 3. The number of likely N-dealkylation sites (tertiary alicyclic amines) is 1. The molecule has 1 saturated heterocycles. The largest absolute Gasteiger partial charge is 0.486 e. The van der Waals surface area contributed by atoms with E-state index in [-0.39, 0.29) is 17.6 Å². The predicted molar refractivity (Wildman–Crippen MR) is 112 cm³/mol. The number of Topliss-reactive ketones (excluding diaryl/α,β-unsaturated/α-hetero) is 1. The number of fused-ring (bicyclic) bond motifs is 1. The highest BCUT2D eigenvalue weighted by Gasteiger charge is 2.31. The Balaban J connectivity index is 1.49. The number of hydrogen-bond donors (Lipinski definition) is 2. The van der Waals surface area contributed by atoms with Crippen molar-refractivity contribution in [1.82, 2.24) is 15.5 Å². The molecule has 8 heteroatoms. The summed E-state index contributed by atoms with van der Waals surface area (Å²) in [6.45, 7) is 8.53. The molecular weight excluding hydrogens is 386 g/mol. The SMILES string of the molecule is CC(C)CNC(=O)NC(=O)[C@H](C)N1CCC(C(=O)c2ccc3c(c2)OCCO3)CC1. The molecule has 8 nitrogen and oxygen atoms in total. The summed E-state index contributed by atoms with van der Waals surface area (Å²) < 4.78 is 11.1. The smallest absolute Gasteiger partial charge is 0.321 e. The van der Waals surface area contributed by atoms with E-state index >= 15 is 0 Å². The van der Waals surface area contributed by atoms with Gasteiger partial charge >= 0.3 is 6.03 Å².